The van der Waals surface area contributed by atoms with E-state index in [0.717, 1.165) is 12.0 Å². The van der Waals surface area contributed by atoms with Gasteiger partial charge in [0.25, 0.3) is 0 Å². The molecular weight excluding hydrogens is 260 g/mol. The molecule has 0 N–H and O–H groups in total. The van der Waals surface area contributed by atoms with Crippen LogP contribution in [-0.2, 0) is 9.53 Å². The molecule has 20 heavy (non-hydrogen) atoms. The molecule has 3 aliphatic rings. The summed E-state index contributed by atoms with van der Waals surface area (Å²) in [5.41, 5.74) is 0.997. The van der Waals surface area contributed by atoms with E-state index in [-0.39, 0.29) is 30.7 Å². The van der Waals surface area contributed by atoms with Crippen LogP contribution in [0.15, 0.2) is 24.3 Å². The Bertz CT molecular complexity index is 607. The summed E-state index contributed by atoms with van der Waals surface area (Å²) in [6.07, 6.45) is 4.51. The maximum Gasteiger partial charge on any atom is 0.310 e. The van der Waals surface area contributed by atoms with Gasteiger partial charge in [-0.05, 0) is 30.2 Å². The van der Waals surface area contributed by atoms with Gasteiger partial charge in [-0.25, -0.2) is 0 Å². The first-order chi connectivity index (χ1) is 9.78. The molecule has 3 atom stereocenters. The fourth-order valence-corrected chi connectivity index (χ4v) is 3.20. The van der Waals surface area contributed by atoms with Gasteiger partial charge in [0.1, 0.15) is 6.10 Å². The van der Waals surface area contributed by atoms with Crippen LogP contribution >= 0.6 is 0 Å². The Kier molecular flexibility index (Phi) is 2.42. The zero-order chi connectivity index (χ0) is 13.7. The van der Waals surface area contributed by atoms with Crippen LogP contribution in [0.5, 0.6) is 17.2 Å². The molecule has 0 saturated carbocycles. The van der Waals surface area contributed by atoms with Crippen LogP contribution < -0.4 is 14.2 Å². The number of allylic oxidation sites excluding steroid dienone is 1. The van der Waals surface area contributed by atoms with Crippen LogP contribution in [0.25, 0.3) is 0 Å². The van der Waals surface area contributed by atoms with Crippen molar-refractivity contribution in [2.75, 3.05) is 13.9 Å². The average Bonchev–Trinajstić information content (AvgIpc) is 3.00. The summed E-state index contributed by atoms with van der Waals surface area (Å²) in [6.45, 7) is 0.196. The molecule has 0 aromatic heterocycles. The number of hydrogen-bond acceptors (Lipinski definition) is 5. The van der Waals surface area contributed by atoms with Gasteiger partial charge < -0.3 is 18.9 Å². The zero-order valence-electron chi connectivity index (χ0n) is 11.0. The van der Waals surface area contributed by atoms with Crippen molar-refractivity contribution >= 4 is 5.97 Å². The van der Waals surface area contributed by atoms with Crippen LogP contribution in [0, 0.1) is 5.92 Å². The topological polar surface area (TPSA) is 54.0 Å². The second kappa shape index (κ2) is 4.16. The van der Waals surface area contributed by atoms with Crippen molar-refractivity contribution in [2.24, 2.45) is 5.92 Å². The third kappa shape index (κ3) is 1.52. The van der Waals surface area contributed by atoms with E-state index in [0.29, 0.717) is 17.2 Å². The molecule has 104 valence electrons. The maximum absolute atomic E-state index is 11.9. The van der Waals surface area contributed by atoms with Crippen LogP contribution in [0.2, 0.25) is 0 Å². The molecule has 5 heteroatoms. The Morgan fingerprint density at radius 1 is 1.30 bits per heavy atom. The molecule has 5 nitrogen and oxygen atoms in total. The van der Waals surface area contributed by atoms with Crippen molar-refractivity contribution in [1.29, 1.82) is 0 Å². The number of fused-ring (bicyclic) bond motifs is 3. The highest BCUT2D eigenvalue weighted by atomic mass is 16.7. The predicted octanol–water partition coefficient (Wildman–Crippen LogP) is 2.01. The molecule has 0 amide bonds. The number of carbonyl (C=O) groups excluding carboxylic acids is 1. The number of benzene rings is 1. The zero-order valence-corrected chi connectivity index (χ0v) is 11.0. The summed E-state index contributed by atoms with van der Waals surface area (Å²) in [5.74, 6) is 1.71. The second-order valence-electron chi connectivity index (χ2n) is 5.15. The van der Waals surface area contributed by atoms with Crippen molar-refractivity contribution in [3.8, 4) is 17.2 Å². The normalized spacial score (nSPS) is 29.4. The van der Waals surface area contributed by atoms with Gasteiger partial charge in [0.2, 0.25) is 12.5 Å². The Balaban J connectivity index is 1.80. The van der Waals surface area contributed by atoms with Crippen molar-refractivity contribution in [3.63, 3.8) is 0 Å². The van der Waals surface area contributed by atoms with E-state index in [1.54, 1.807) is 7.11 Å². The summed E-state index contributed by atoms with van der Waals surface area (Å²) in [7, 11) is 1.60. The standard InChI is InChI=1S/C15H14O5/c1-17-11-5-8(6-12-14(11)19-7-18-12)13-9-3-2-4-10(13)20-15(9)16/h2,4-6,9-10,13H,3,7H2,1H3/t9-,10+,13?/m1/s1. The van der Waals surface area contributed by atoms with Gasteiger partial charge in [-0.1, -0.05) is 6.08 Å². The quantitative estimate of drug-likeness (QED) is 0.610. The van der Waals surface area contributed by atoms with Gasteiger partial charge in [-0.2, -0.15) is 0 Å². The van der Waals surface area contributed by atoms with E-state index in [1.807, 2.05) is 24.3 Å². The summed E-state index contributed by atoms with van der Waals surface area (Å²) in [5, 5.41) is 0. The monoisotopic (exact) mass is 274 g/mol. The van der Waals surface area contributed by atoms with E-state index < -0.39 is 0 Å². The van der Waals surface area contributed by atoms with E-state index in [4.69, 9.17) is 18.9 Å². The molecule has 0 spiro atoms. The molecule has 1 unspecified atom stereocenters. The van der Waals surface area contributed by atoms with Gasteiger partial charge in [-0.3, -0.25) is 4.79 Å². The Morgan fingerprint density at radius 3 is 3.00 bits per heavy atom. The Hall–Kier alpha value is -2.17. The molecule has 1 fully saturated rings. The molecule has 4 rings (SSSR count). The number of methoxy groups -OCH3 is 1. The largest absolute Gasteiger partial charge is 0.493 e. The fourth-order valence-electron chi connectivity index (χ4n) is 3.20. The first-order valence-electron chi connectivity index (χ1n) is 6.62. The minimum absolute atomic E-state index is 0.0240. The molecule has 2 heterocycles. The number of rotatable bonds is 2. The molecule has 2 aliphatic heterocycles. The molecular formula is C15H14O5. The molecule has 1 aromatic carbocycles. The summed E-state index contributed by atoms with van der Waals surface area (Å²) >= 11 is 0. The lowest BCUT2D eigenvalue weighted by molar-refractivity contribution is -0.142. The molecule has 0 radical (unpaired) electrons. The molecule has 1 aromatic rings. The highest BCUT2D eigenvalue weighted by Gasteiger charge is 2.46. The summed E-state index contributed by atoms with van der Waals surface area (Å²) in [4.78, 5) is 11.9. The number of esters is 1. The van der Waals surface area contributed by atoms with Gasteiger partial charge in [0.05, 0.1) is 13.0 Å². The van der Waals surface area contributed by atoms with E-state index in [2.05, 4.69) is 0 Å². The van der Waals surface area contributed by atoms with Gasteiger partial charge in [0.15, 0.2) is 11.5 Å². The lowest BCUT2D eigenvalue weighted by Crippen LogP contribution is -2.20. The van der Waals surface area contributed by atoms with Crippen LogP contribution in [-0.4, -0.2) is 26.0 Å². The van der Waals surface area contributed by atoms with Crippen molar-refractivity contribution < 1.29 is 23.7 Å². The molecule has 1 saturated heterocycles. The SMILES string of the molecule is COc1cc(C2[C@@H]3C=CC[C@H]2C(=O)O3)cc2c1OCO2. The minimum atomic E-state index is -0.189. The average molecular weight is 274 g/mol. The lowest BCUT2D eigenvalue weighted by Gasteiger charge is -2.22. The first kappa shape index (κ1) is 11.6. The maximum atomic E-state index is 11.9. The molecule has 1 aliphatic carbocycles. The highest BCUT2D eigenvalue weighted by molar-refractivity contribution is 5.78. The first-order valence-corrected chi connectivity index (χ1v) is 6.62. The van der Waals surface area contributed by atoms with Crippen LogP contribution in [0.3, 0.4) is 0 Å². The van der Waals surface area contributed by atoms with E-state index in [1.165, 1.54) is 0 Å². The third-order valence-corrected chi connectivity index (χ3v) is 4.12. The highest BCUT2D eigenvalue weighted by Crippen LogP contribution is 2.48. The van der Waals surface area contributed by atoms with Crippen molar-refractivity contribution in [2.45, 2.75) is 18.4 Å². The molecule has 2 bridgehead atoms. The van der Waals surface area contributed by atoms with Gasteiger partial charge >= 0.3 is 5.97 Å². The number of hydrogen-bond donors (Lipinski definition) is 0. The summed E-state index contributed by atoms with van der Waals surface area (Å²) < 4.78 is 21.6. The number of ether oxygens (including phenoxy) is 4. The van der Waals surface area contributed by atoms with Crippen LogP contribution in [0.1, 0.15) is 17.9 Å². The lowest BCUT2D eigenvalue weighted by atomic mass is 9.79. The van der Waals surface area contributed by atoms with Crippen molar-refractivity contribution in [3.05, 3.63) is 29.8 Å². The van der Waals surface area contributed by atoms with Crippen LogP contribution in [0.4, 0.5) is 0 Å². The van der Waals surface area contributed by atoms with Gasteiger partial charge in [-0.15, -0.1) is 0 Å². The third-order valence-electron chi connectivity index (χ3n) is 4.12. The second-order valence-corrected chi connectivity index (χ2v) is 5.15. The smallest absolute Gasteiger partial charge is 0.310 e. The summed E-state index contributed by atoms with van der Waals surface area (Å²) in [6, 6.07) is 3.84. The predicted molar refractivity (Wildman–Crippen MR) is 69.0 cm³/mol. The van der Waals surface area contributed by atoms with Crippen molar-refractivity contribution in [1.82, 2.24) is 0 Å². The number of carbonyl (C=O) groups is 1. The Labute approximate surface area is 116 Å². The van der Waals surface area contributed by atoms with Gasteiger partial charge in [0, 0.05) is 5.92 Å². The fraction of sp³-hybridized carbons (Fsp3) is 0.400. The van der Waals surface area contributed by atoms with E-state index >= 15 is 0 Å². The minimum Gasteiger partial charge on any atom is -0.493 e. The Morgan fingerprint density at radius 2 is 2.20 bits per heavy atom. The van der Waals surface area contributed by atoms with E-state index in [9.17, 15) is 4.79 Å².